The number of rotatable bonds is 4. The Hall–Kier alpha value is -1.91. The van der Waals surface area contributed by atoms with Gasteiger partial charge in [-0.3, -0.25) is 0 Å². The van der Waals surface area contributed by atoms with E-state index in [2.05, 4.69) is 10.5 Å². The number of nitrogens with one attached hydrogen (secondary N) is 1. The Morgan fingerprint density at radius 3 is 2.71 bits per heavy atom. The maximum Gasteiger partial charge on any atom is 0.170 e. The van der Waals surface area contributed by atoms with Gasteiger partial charge in [-0.05, 0) is 36.2 Å². The quantitative estimate of drug-likeness (QED) is 0.344. The van der Waals surface area contributed by atoms with Crippen LogP contribution in [0.2, 0.25) is 10.0 Å². The number of nitrogens with zero attached hydrogens (tertiary/aromatic N) is 1. The molecule has 0 radical (unpaired) electrons. The summed E-state index contributed by atoms with van der Waals surface area (Å²) in [6.07, 6.45) is 0. The summed E-state index contributed by atoms with van der Waals surface area (Å²) in [7, 11) is 0. The van der Waals surface area contributed by atoms with E-state index >= 15 is 0 Å². The standard InChI is InChI=1S/C15H15Cl2N3O/c1-9-7-10(15(18)20-21)5-6-11(9)8-19-13-4-2-3-12(16)14(13)17/h2-7,19,21H,8H2,1H3,(H2,18,20). The lowest BCUT2D eigenvalue weighted by molar-refractivity contribution is 0.318. The fraction of sp³-hybridized carbons (Fsp3) is 0.133. The zero-order chi connectivity index (χ0) is 15.4. The molecule has 0 fully saturated rings. The number of benzene rings is 2. The molecule has 0 saturated carbocycles. The van der Waals surface area contributed by atoms with E-state index in [1.165, 1.54) is 0 Å². The van der Waals surface area contributed by atoms with Crippen molar-refractivity contribution in [3.63, 3.8) is 0 Å². The second-order valence-corrected chi connectivity index (χ2v) is 5.37. The molecule has 4 nitrogen and oxygen atoms in total. The van der Waals surface area contributed by atoms with Crippen LogP contribution in [0.4, 0.5) is 5.69 Å². The molecule has 0 bridgehead atoms. The zero-order valence-corrected chi connectivity index (χ0v) is 12.9. The van der Waals surface area contributed by atoms with Crippen LogP contribution in [0.3, 0.4) is 0 Å². The number of hydrogen-bond donors (Lipinski definition) is 3. The summed E-state index contributed by atoms with van der Waals surface area (Å²) in [5, 5.41) is 15.9. The van der Waals surface area contributed by atoms with E-state index < -0.39 is 0 Å². The van der Waals surface area contributed by atoms with Gasteiger partial charge < -0.3 is 16.3 Å². The average Bonchev–Trinajstić information content (AvgIpc) is 2.49. The topological polar surface area (TPSA) is 70.6 Å². The predicted molar refractivity (Wildman–Crippen MR) is 87.5 cm³/mol. The summed E-state index contributed by atoms with van der Waals surface area (Å²) in [6.45, 7) is 2.56. The highest BCUT2D eigenvalue weighted by Gasteiger charge is 2.06. The van der Waals surface area contributed by atoms with Gasteiger partial charge in [-0.1, -0.05) is 46.6 Å². The van der Waals surface area contributed by atoms with Crippen LogP contribution in [0.5, 0.6) is 0 Å². The lowest BCUT2D eigenvalue weighted by Crippen LogP contribution is -2.13. The third-order valence-corrected chi connectivity index (χ3v) is 3.99. The molecule has 0 heterocycles. The van der Waals surface area contributed by atoms with E-state index in [1.807, 2.05) is 31.2 Å². The van der Waals surface area contributed by atoms with Crippen LogP contribution in [-0.4, -0.2) is 11.0 Å². The number of anilines is 1. The molecule has 0 aromatic heterocycles. The molecule has 110 valence electrons. The van der Waals surface area contributed by atoms with Crippen LogP contribution in [0, 0.1) is 6.92 Å². The monoisotopic (exact) mass is 323 g/mol. The molecule has 0 spiro atoms. The van der Waals surface area contributed by atoms with Gasteiger partial charge in [0.1, 0.15) is 0 Å². The number of oxime groups is 1. The second kappa shape index (κ2) is 6.70. The molecular formula is C15H15Cl2N3O. The first-order valence-corrected chi connectivity index (χ1v) is 7.04. The van der Waals surface area contributed by atoms with Crippen molar-refractivity contribution in [1.82, 2.24) is 0 Å². The Balaban J connectivity index is 2.15. The van der Waals surface area contributed by atoms with E-state index in [0.717, 1.165) is 16.8 Å². The van der Waals surface area contributed by atoms with Crippen LogP contribution in [-0.2, 0) is 6.54 Å². The van der Waals surface area contributed by atoms with E-state index in [9.17, 15) is 0 Å². The Kier molecular flexibility index (Phi) is 4.94. The fourth-order valence-corrected chi connectivity index (χ4v) is 2.31. The third-order valence-electron chi connectivity index (χ3n) is 3.17. The lowest BCUT2D eigenvalue weighted by atomic mass is 10.0. The Labute approximate surface area is 133 Å². The molecule has 0 aliphatic rings. The summed E-state index contributed by atoms with van der Waals surface area (Å²) in [4.78, 5) is 0. The number of nitrogens with two attached hydrogens (primary N) is 1. The Morgan fingerprint density at radius 1 is 1.29 bits per heavy atom. The number of amidine groups is 1. The van der Waals surface area contributed by atoms with E-state index in [-0.39, 0.29) is 5.84 Å². The summed E-state index contributed by atoms with van der Waals surface area (Å²) in [6, 6.07) is 11.0. The summed E-state index contributed by atoms with van der Waals surface area (Å²) >= 11 is 12.1. The van der Waals surface area contributed by atoms with Crippen molar-refractivity contribution >= 4 is 34.7 Å². The van der Waals surface area contributed by atoms with Gasteiger partial charge in [0.15, 0.2) is 5.84 Å². The highest BCUT2D eigenvalue weighted by Crippen LogP contribution is 2.30. The molecule has 6 heteroatoms. The van der Waals surface area contributed by atoms with Crippen molar-refractivity contribution in [2.75, 3.05) is 5.32 Å². The molecule has 0 atom stereocenters. The first-order valence-electron chi connectivity index (χ1n) is 6.28. The van der Waals surface area contributed by atoms with Crippen molar-refractivity contribution in [3.05, 3.63) is 63.1 Å². The maximum absolute atomic E-state index is 8.68. The molecule has 0 saturated heterocycles. The number of halogens is 2. The molecule has 4 N–H and O–H groups in total. The third kappa shape index (κ3) is 3.60. The van der Waals surface area contributed by atoms with E-state index in [4.69, 9.17) is 34.1 Å². The van der Waals surface area contributed by atoms with Crippen LogP contribution in [0.25, 0.3) is 0 Å². The molecule has 0 unspecified atom stereocenters. The van der Waals surface area contributed by atoms with Gasteiger partial charge in [0.2, 0.25) is 0 Å². The number of aryl methyl sites for hydroxylation is 1. The summed E-state index contributed by atoms with van der Waals surface area (Å²) in [5.74, 6) is 0.0931. The first kappa shape index (κ1) is 15.5. The van der Waals surface area contributed by atoms with Gasteiger partial charge in [0.05, 0.1) is 15.7 Å². The van der Waals surface area contributed by atoms with Gasteiger partial charge in [-0.25, -0.2) is 0 Å². The van der Waals surface area contributed by atoms with Gasteiger partial charge in [0.25, 0.3) is 0 Å². The van der Waals surface area contributed by atoms with Crippen molar-refractivity contribution in [2.45, 2.75) is 13.5 Å². The minimum absolute atomic E-state index is 0.0931. The minimum atomic E-state index is 0.0931. The van der Waals surface area contributed by atoms with Crippen molar-refractivity contribution in [1.29, 1.82) is 0 Å². The highest BCUT2D eigenvalue weighted by atomic mass is 35.5. The second-order valence-electron chi connectivity index (χ2n) is 4.58. The van der Waals surface area contributed by atoms with Crippen LogP contribution < -0.4 is 11.1 Å². The SMILES string of the molecule is Cc1cc(/C(N)=N/O)ccc1CNc1cccc(Cl)c1Cl. The molecule has 0 amide bonds. The predicted octanol–water partition coefficient (Wildman–Crippen LogP) is 4.01. The van der Waals surface area contributed by atoms with Crippen molar-refractivity contribution < 1.29 is 5.21 Å². The largest absolute Gasteiger partial charge is 0.409 e. The smallest absolute Gasteiger partial charge is 0.170 e. The van der Waals surface area contributed by atoms with Crippen molar-refractivity contribution in [3.8, 4) is 0 Å². The number of hydrogen-bond acceptors (Lipinski definition) is 3. The Morgan fingerprint density at radius 2 is 2.05 bits per heavy atom. The minimum Gasteiger partial charge on any atom is -0.409 e. The highest BCUT2D eigenvalue weighted by molar-refractivity contribution is 6.43. The summed E-state index contributed by atoms with van der Waals surface area (Å²) in [5.41, 5.74) is 9.14. The molecular weight excluding hydrogens is 309 g/mol. The van der Waals surface area contributed by atoms with Gasteiger partial charge in [-0.2, -0.15) is 0 Å². The molecule has 2 aromatic rings. The molecule has 2 aromatic carbocycles. The molecule has 0 aliphatic heterocycles. The maximum atomic E-state index is 8.68. The Bertz CT molecular complexity index is 687. The van der Waals surface area contributed by atoms with Crippen LogP contribution >= 0.6 is 23.2 Å². The molecule has 21 heavy (non-hydrogen) atoms. The molecule has 2 rings (SSSR count). The average molecular weight is 324 g/mol. The lowest BCUT2D eigenvalue weighted by Gasteiger charge is -2.12. The zero-order valence-electron chi connectivity index (χ0n) is 11.4. The fourth-order valence-electron chi connectivity index (χ4n) is 1.94. The van der Waals surface area contributed by atoms with E-state index in [0.29, 0.717) is 22.2 Å². The van der Waals surface area contributed by atoms with Gasteiger partial charge >= 0.3 is 0 Å². The van der Waals surface area contributed by atoms with Crippen LogP contribution in [0.1, 0.15) is 16.7 Å². The van der Waals surface area contributed by atoms with Crippen molar-refractivity contribution in [2.24, 2.45) is 10.9 Å². The van der Waals surface area contributed by atoms with Gasteiger partial charge in [0, 0.05) is 12.1 Å². The van der Waals surface area contributed by atoms with E-state index in [1.54, 1.807) is 12.1 Å². The normalized spacial score (nSPS) is 11.5. The molecule has 0 aliphatic carbocycles. The van der Waals surface area contributed by atoms with Gasteiger partial charge in [-0.15, -0.1) is 0 Å². The summed E-state index contributed by atoms with van der Waals surface area (Å²) < 4.78 is 0. The first-order chi connectivity index (χ1) is 10.0. The van der Waals surface area contributed by atoms with Crippen LogP contribution in [0.15, 0.2) is 41.6 Å².